The van der Waals surface area contributed by atoms with Crippen molar-refractivity contribution in [3.63, 3.8) is 0 Å². The number of likely N-dealkylation sites (tertiary alicyclic amines) is 1. The molecule has 1 aromatic rings. The maximum atomic E-state index is 5.61. The molecule has 1 aliphatic heterocycles. The Kier molecular flexibility index (Phi) is 5.06. The van der Waals surface area contributed by atoms with Crippen LogP contribution in [0.2, 0.25) is 0 Å². The van der Waals surface area contributed by atoms with Gasteiger partial charge in [-0.2, -0.15) is 0 Å². The summed E-state index contributed by atoms with van der Waals surface area (Å²) in [4.78, 5) is 2.55. The number of piperidine rings is 1. The highest BCUT2D eigenvalue weighted by atomic mass is 16.3. The maximum absolute atomic E-state index is 5.61. The molecule has 3 nitrogen and oxygen atoms in total. The van der Waals surface area contributed by atoms with E-state index >= 15 is 0 Å². The van der Waals surface area contributed by atoms with E-state index in [-0.39, 0.29) is 0 Å². The second-order valence-electron chi connectivity index (χ2n) is 5.88. The molecule has 3 heteroatoms. The van der Waals surface area contributed by atoms with E-state index < -0.39 is 0 Å². The van der Waals surface area contributed by atoms with E-state index in [0.717, 1.165) is 24.0 Å². The van der Waals surface area contributed by atoms with Gasteiger partial charge in [0.1, 0.15) is 11.5 Å². The summed E-state index contributed by atoms with van der Waals surface area (Å²) in [5.74, 6) is 2.90. The lowest BCUT2D eigenvalue weighted by atomic mass is 9.96. The van der Waals surface area contributed by atoms with Crippen LogP contribution in [0, 0.1) is 19.8 Å². The largest absolute Gasteiger partial charge is 0.466 e. The minimum atomic E-state index is 0.390. The Balaban J connectivity index is 1.78. The molecule has 0 amide bonds. The predicted molar refractivity (Wildman–Crippen MR) is 79.4 cm³/mol. The van der Waals surface area contributed by atoms with Crippen molar-refractivity contribution in [3.8, 4) is 0 Å². The molecular formula is C16H28N2O. The van der Waals surface area contributed by atoms with E-state index in [1.807, 2.05) is 6.92 Å². The second kappa shape index (κ2) is 6.58. The first-order valence-corrected chi connectivity index (χ1v) is 7.62. The number of hydrogen-bond donors (Lipinski definition) is 1. The molecule has 1 atom stereocenters. The van der Waals surface area contributed by atoms with Crippen LogP contribution in [0.5, 0.6) is 0 Å². The molecule has 0 radical (unpaired) electrons. The average Bonchev–Trinajstić information content (AvgIpc) is 2.75. The molecule has 0 spiro atoms. The van der Waals surface area contributed by atoms with Gasteiger partial charge in [0.2, 0.25) is 0 Å². The zero-order valence-electron chi connectivity index (χ0n) is 12.8. The molecule has 0 aromatic carbocycles. The number of aryl methyl sites for hydroxylation is 2. The van der Waals surface area contributed by atoms with Crippen molar-refractivity contribution >= 4 is 0 Å². The number of nitrogens with zero attached hydrogens (tertiary/aromatic N) is 1. The molecule has 1 unspecified atom stereocenters. The third-order valence-corrected chi connectivity index (χ3v) is 4.41. The van der Waals surface area contributed by atoms with Gasteiger partial charge in [0.25, 0.3) is 0 Å². The topological polar surface area (TPSA) is 28.4 Å². The second-order valence-corrected chi connectivity index (χ2v) is 5.88. The average molecular weight is 264 g/mol. The zero-order valence-corrected chi connectivity index (χ0v) is 12.8. The smallest absolute Gasteiger partial charge is 0.105 e. The first-order chi connectivity index (χ1) is 9.10. The van der Waals surface area contributed by atoms with Crippen molar-refractivity contribution in [1.29, 1.82) is 0 Å². The van der Waals surface area contributed by atoms with Crippen LogP contribution in [-0.4, -0.2) is 31.1 Å². The Morgan fingerprint density at radius 1 is 1.37 bits per heavy atom. The molecule has 1 aliphatic rings. The van der Waals surface area contributed by atoms with Crippen molar-refractivity contribution in [2.45, 2.75) is 46.6 Å². The van der Waals surface area contributed by atoms with Gasteiger partial charge in [-0.15, -0.1) is 0 Å². The van der Waals surface area contributed by atoms with Crippen LogP contribution in [0.15, 0.2) is 10.5 Å². The highest BCUT2D eigenvalue weighted by molar-refractivity contribution is 5.23. The van der Waals surface area contributed by atoms with Crippen LogP contribution in [-0.2, 0) is 0 Å². The third-order valence-electron chi connectivity index (χ3n) is 4.41. The molecule has 0 aliphatic carbocycles. The SMILES string of the molecule is CCN1CCC(CNC(C)c2cc(C)oc2C)CC1. The van der Waals surface area contributed by atoms with Gasteiger partial charge in [-0.3, -0.25) is 0 Å². The fourth-order valence-corrected chi connectivity index (χ4v) is 3.04. The first kappa shape index (κ1) is 14.6. The van der Waals surface area contributed by atoms with Gasteiger partial charge in [0.05, 0.1) is 0 Å². The lowest BCUT2D eigenvalue weighted by Gasteiger charge is -2.31. The van der Waals surface area contributed by atoms with Gasteiger partial charge >= 0.3 is 0 Å². The first-order valence-electron chi connectivity index (χ1n) is 7.62. The summed E-state index contributed by atoms with van der Waals surface area (Å²) in [5.41, 5.74) is 1.31. The van der Waals surface area contributed by atoms with Gasteiger partial charge < -0.3 is 14.6 Å². The highest BCUT2D eigenvalue weighted by Crippen LogP contribution is 2.22. The van der Waals surface area contributed by atoms with Gasteiger partial charge in [-0.05, 0) is 71.8 Å². The summed E-state index contributed by atoms with van der Waals surface area (Å²) in [6.07, 6.45) is 2.66. The standard InChI is InChI=1S/C16H28N2O/c1-5-18-8-6-15(7-9-18)11-17-13(3)16-10-12(2)19-14(16)4/h10,13,15,17H,5-9,11H2,1-4H3. The number of furan rings is 1. The van der Waals surface area contributed by atoms with Crippen molar-refractivity contribution in [2.24, 2.45) is 5.92 Å². The van der Waals surface area contributed by atoms with Gasteiger partial charge in [0.15, 0.2) is 0 Å². The molecule has 1 fully saturated rings. The predicted octanol–water partition coefficient (Wildman–Crippen LogP) is 3.28. The van der Waals surface area contributed by atoms with E-state index in [0.29, 0.717) is 6.04 Å². The monoisotopic (exact) mass is 264 g/mol. The molecule has 0 bridgehead atoms. The lowest BCUT2D eigenvalue weighted by molar-refractivity contribution is 0.188. The van der Waals surface area contributed by atoms with Gasteiger partial charge in [-0.1, -0.05) is 6.92 Å². The Hall–Kier alpha value is -0.800. The fraction of sp³-hybridized carbons (Fsp3) is 0.750. The summed E-state index contributed by atoms with van der Waals surface area (Å²) < 4.78 is 5.61. The van der Waals surface area contributed by atoms with Crippen LogP contribution in [0.4, 0.5) is 0 Å². The molecular weight excluding hydrogens is 236 g/mol. The lowest BCUT2D eigenvalue weighted by Crippen LogP contribution is -2.37. The summed E-state index contributed by atoms with van der Waals surface area (Å²) >= 11 is 0. The molecule has 0 saturated carbocycles. The highest BCUT2D eigenvalue weighted by Gasteiger charge is 2.19. The van der Waals surface area contributed by atoms with Crippen LogP contribution in [0.25, 0.3) is 0 Å². The Morgan fingerprint density at radius 3 is 2.58 bits per heavy atom. The molecule has 108 valence electrons. The summed E-state index contributed by atoms with van der Waals surface area (Å²) in [6, 6.07) is 2.55. The van der Waals surface area contributed by atoms with Crippen molar-refractivity contribution in [1.82, 2.24) is 10.2 Å². The van der Waals surface area contributed by atoms with Crippen LogP contribution in [0.1, 0.15) is 49.8 Å². The quantitative estimate of drug-likeness (QED) is 0.884. The van der Waals surface area contributed by atoms with Crippen LogP contribution >= 0.6 is 0 Å². The maximum Gasteiger partial charge on any atom is 0.105 e. The number of nitrogens with one attached hydrogen (secondary N) is 1. The summed E-state index contributed by atoms with van der Waals surface area (Å²) in [5, 5.41) is 3.68. The van der Waals surface area contributed by atoms with Gasteiger partial charge in [-0.25, -0.2) is 0 Å². The van der Waals surface area contributed by atoms with E-state index in [2.05, 4.69) is 37.1 Å². The minimum Gasteiger partial charge on any atom is -0.466 e. The Bertz CT molecular complexity index is 391. The Morgan fingerprint density at radius 2 is 2.05 bits per heavy atom. The van der Waals surface area contributed by atoms with Crippen molar-refractivity contribution < 1.29 is 4.42 Å². The number of hydrogen-bond acceptors (Lipinski definition) is 3. The molecule has 1 aromatic heterocycles. The van der Waals surface area contributed by atoms with Gasteiger partial charge in [0, 0.05) is 11.6 Å². The zero-order chi connectivity index (χ0) is 13.8. The third kappa shape index (κ3) is 3.83. The summed E-state index contributed by atoms with van der Waals surface area (Å²) in [6.45, 7) is 13.4. The van der Waals surface area contributed by atoms with Crippen LogP contribution < -0.4 is 5.32 Å². The van der Waals surface area contributed by atoms with E-state index in [1.165, 1.54) is 38.0 Å². The summed E-state index contributed by atoms with van der Waals surface area (Å²) in [7, 11) is 0. The molecule has 1 saturated heterocycles. The van der Waals surface area contributed by atoms with E-state index in [9.17, 15) is 0 Å². The Labute approximate surface area is 117 Å². The molecule has 1 N–H and O–H groups in total. The fourth-order valence-electron chi connectivity index (χ4n) is 3.04. The normalized spacial score (nSPS) is 19.8. The minimum absolute atomic E-state index is 0.390. The van der Waals surface area contributed by atoms with Crippen LogP contribution in [0.3, 0.4) is 0 Å². The molecule has 2 rings (SSSR count). The van der Waals surface area contributed by atoms with Crippen molar-refractivity contribution in [3.05, 3.63) is 23.2 Å². The van der Waals surface area contributed by atoms with Crippen molar-refractivity contribution in [2.75, 3.05) is 26.2 Å². The number of rotatable bonds is 5. The molecule has 19 heavy (non-hydrogen) atoms. The molecule has 2 heterocycles. The van der Waals surface area contributed by atoms with E-state index in [4.69, 9.17) is 4.42 Å². The van der Waals surface area contributed by atoms with E-state index in [1.54, 1.807) is 0 Å².